The molecule has 0 bridgehead atoms. The van der Waals surface area contributed by atoms with Crippen molar-refractivity contribution in [2.24, 2.45) is 0 Å². The highest BCUT2D eigenvalue weighted by Crippen LogP contribution is 2.34. The Morgan fingerprint density at radius 3 is 1.82 bits per heavy atom. The molecule has 0 radical (unpaired) electrons. The van der Waals surface area contributed by atoms with E-state index in [1.54, 1.807) is 0 Å². The van der Waals surface area contributed by atoms with Gasteiger partial charge in [-0.3, -0.25) is 14.2 Å². The minimum atomic E-state index is -1.20. The number of hydrogen-bond acceptors (Lipinski definition) is 22. The molecule has 0 aromatic carbocycles. The fourth-order valence-electron chi connectivity index (χ4n) is 7.66. The van der Waals surface area contributed by atoms with Crippen molar-refractivity contribution < 1.29 is 81.4 Å². The lowest BCUT2D eigenvalue weighted by Crippen LogP contribution is -2.38. The highest BCUT2D eigenvalue weighted by molar-refractivity contribution is 8.00. The van der Waals surface area contributed by atoms with Crippen molar-refractivity contribution in [3.8, 4) is 0 Å². The van der Waals surface area contributed by atoms with Crippen LogP contribution in [0.1, 0.15) is 38.3 Å². The van der Waals surface area contributed by atoms with Gasteiger partial charge in [-0.05, 0) is 19.3 Å². The zero-order valence-electron chi connectivity index (χ0n) is 41.2. The average Bonchev–Trinajstić information content (AvgIpc) is 4.16. The van der Waals surface area contributed by atoms with Gasteiger partial charge in [0, 0.05) is 37.1 Å². The molecular weight excluding hydrogens is 971 g/mol. The number of aromatic nitrogens is 4. The predicted molar refractivity (Wildman–Crippen MR) is 259 cm³/mol. The first kappa shape index (κ1) is 59.2. The molecule has 7 atom stereocenters. The molecule has 26 nitrogen and oxygen atoms in total. The van der Waals surface area contributed by atoms with Crippen LogP contribution < -0.4 is 27.0 Å². The number of nitrogens with one attached hydrogen (secondary N) is 4. The van der Waals surface area contributed by atoms with Crippen molar-refractivity contribution in [2.75, 3.05) is 170 Å². The maximum Gasteiger partial charge on any atom is 0.315 e. The molecule has 0 spiro atoms. The van der Waals surface area contributed by atoms with Gasteiger partial charge in [0.15, 0.2) is 17.7 Å². The van der Waals surface area contributed by atoms with E-state index in [0.717, 1.165) is 25.0 Å². The summed E-state index contributed by atoms with van der Waals surface area (Å²) < 4.78 is 68.3. The largest absolute Gasteiger partial charge is 0.394 e. The molecule has 8 N–H and O–H groups in total. The number of nitrogens with two attached hydrogens (primary N) is 1. The van der Waals surface area contributed by atoms with E-state index in [9.17, 15) is 24.6 Å². The van der Waals surface area contributed by atoms with Crippen LogP contribution >= 0.6 is 11.8 Å². The number of nitrogen functional groups attached to an aromatic ring is 1. The summed E-state index contributed by atoms with van der Waals surface area (Å²) in [5, 5.41) is 32.4. The average molecular weight is 1050 g/mol. The highest BCUT2D eigenvalue weighted by Gasteiger charge is 2.46. The van der Waals surface area contributed by atoms with Crippen LogP contribution in [0.15, 0.2) is 12.7 Å². The summed E-state index contributed by atoms with van der Waals surface area (Å²) in [6.45, 7) is 8.94. The highest BCUT2D eigenvalue weighted by atomic mass is 32.2. The van der Waals surface area contributed by atoms with E-state index in [0.29, 0.717) is 174 Å². The van der Waals surface area contributed by atoms with Crippen LogP contribution in [0.25, 0.3) is 11.2 Å². The van der Waals surface area contributed by atoms with E-state index < -0.39 is 31.1 Å². The van der Waals surface area contributed by atoms with Crippen molar-refractivity contribution in [1.29, 1.82) is 0 Å². The minimum Gasteiger partial charge on any atom is -0.394 e. The molecular formula is C45H77N9O17S. The Bertz CT molecular complexity index is 1800. The first-order valence-corrected chi connectivity index (χ1v) is 25.9. The van der Waals surface area contributed by atoms with Crippen LogP contribution in [0.4, 0.5) is 10.6 Å². The number of fused-ring (bicyclic) bond motifs is 2. The second-order valence-electron chi connectivity index (χ2n) is 16.6. The Labute approximate surface area is 424 Å². The molecule has 3 fully saturated rings. The van der Waals surface area contributed by atoms with Gasteiger partial charge in [-0.2, -0.15) is 11.8 Å². The molecule has 0 aliphatic carbocycles. The number of aliphatic hydroxyl groups is 2. The number of nitrogens with zero attached hydrogens (tertiary/aromatic N) is 4. The summed E-state index contributed by atoms with van der Waals surface area (Å²) in [6, 6.07) is 0.378. The lowest BCUT2D eigenvalue weighted by molar-refractivity contribution is -0.132. The molecule has 1 unspecified atom stereocenters. The van der Waals surface area contributed by atoms with E-state index in [4.69, 9.17) is 62.6 Å². The van der Waals surface area contributed by atoms with Gasteiger partial charge in [0.05, 0.1) is 151 Å². The molecule has 72 heavy (non-hydrogen) atoms. The SMILES string of the molecule is Nc1ncnc2c1ncn2[C@@H]1O[C@H](CO)[C@@H](O)C1OCC(=O)NCCCOCCOCCOCCOCCOCCOCCOCCOCCOCCOCCNC(=O)CCCC[C@@H]1SC[C@@H]2NC(=O)N[C@@H]21. The second kappa shape index (κ2) is 36.3. The van der Waals surface area contributed by atoms with Crippen LogP contribution in [-0.2, 0) is 66.4 Å². The zero-order valence-corrected chi connectivity index (χ0v) is 42.0. The molecule has 3 saturated heterocycles. The summed E-state index contributed by atoms with van der Waals surface area (Å²) >= 11 is 1.89. The number of carbonyl (C=O) groups excluding carboxylic acids is 3. The van der Waals surface area contributed by atoms with Gasteiger partial charge in [-0.15, -0.1) is 0 Å². The van der Waals surface area contributed by atoms with E-state index >= 15 is 0 Å². The molecule has 5 heterocycles. The van der Waals surface area contributed by atoms with Crippen LogP contribution in [0.5, 0.6) is 0 Å². The number of ether oxygens (including phenoxy) is 12. The van der Waals surface area contributed by atoms with E-state index in [1.165, 1.54) is 17.2 Å². The van der Waals surface area contributed by atoms with Gasteiger partial charge in [0.1, 0.15) is 36.8 Å². The molecule has 4 amide bonds. The minimum absolute atomic E-state index is 0.0323. The standard InChI is InChI=1S/C45H77N9O17S/c46-42-39-43(50-31-49-42)54(32-51-39)44-41(40(58)34(28-55)71-44)70-29-37(57)47-6-3-8-60-10-12-62-14-16-64-18-20-66-22-24-68-26-27-69-25-23-67-21-19-65-17-15-63-13-11-61-9-7-48-36(56)5-2-1-4-35-38-33(30-72-35)52-45(59)53-38/h31-35,38,40-41,44,55,58H,1-30H2,(H,47,57)(H,48,56)(H2,46,49,50)(H2,52,53,59)/t33-,34+,35-,38-,40+,41?,44+/m0/s1. The van der Waals surface area contributed by atoms with E-state index in [2.05, 4.69) is 36.2 Å². The van der Waals surface area contributed by atoms with Crippen LogP contribution in [0, 0.1) is 0 Å². The normalized spacial score (nSPS) is 21.6. The summed E-state index contributed by atoms with van der Waals surface area (Å²) in [7, 11) is 0. The van der Waals surface area contributed by atoms with Crippen molar-refractivity contribution in [2.45, 2.75) is 74.0 Å². The molecule has 2 aromatic heterocycles. The third kappa shape index (κ3) is 22.4. The number of imidazole rings is 1. The summed E-state index contributed by atoms with van der Waals surface area (Å²) in [5.41, 5.74) is 6.60. The molecule has 3 aliphatic rings. The fourth-order valence-corrected chi connectivity index (χ4v) is 9.20. The Morgan fingerprint density at radius 1 is 0.708 bits per heavy atom. The van der Waals surface area contributed by atoms with Gasteiger partial charge in [-0.1, -0.05) is 6.42 Å². The van der Waals surface area contributed by atoms with Gasteiger partial charge >= 0.3 is 6.03 Å². The lowest BCUT2D eigenvalue weighted by Gasteiger charge is -2.21. The number of unbranched alkanes of at least 4 members (excludes halogenated alkanes) is 1. The van der Waals surface area contributed by atoms with Crippen LogP contribution in [0.2, 0.25) is 0 Å². The fraction of sp³-hybridized carbons (Fsp3) is 0.822. The Balaban J connectivity index is 0.669. The number of anilines is 1. The monoisotopic (exact) mass is 1050 g/mol. The number of amides is 4. The van der Waals surface area contributed by atoms with Crippen molar-refractivity contribution in [3.63, 3.8) is 0 Å². The molecule has 3 aliphatic heterocycles. The summed E-state index contributed by atoms with van der Waals surface area (Å²) in [5.74, 6) is 0.778. The second-order valence-corrected chi connectivity index (χ2v) is 17.9. The smallest absolute Gasteiger partial charge is 0.315 e. The molecule has 5 rings (SSSR count). The Morgan fingerprint density at radius 2 is 1.25 bits per heavy atom. The van der Waals surface area contributed by atoms with Crippen molar-refractivity contribution in [3.05, 3.63) is 12.7 Å². The summed E-state index contributed by atoms with van der Waals surface area (Å²) in [4.78, 5) is 48.4. The molecule has 410 valence electrons. The first-order valence-electron chi connectivity index (χ1n) is 24.8. The van der Waals surface area contributed by atoms with Crippen LogP contribution in [0.3, 0.4) is 0 Å². The molecule has 0 saturated carbocycles. The maximum absolute atomic E-state index is 12.5. The molecule has 27 heteroatoms. The number of carbonyl (C=O) groups is 3. The van der Waals surface area contributed by atoms with E-state index in [-0.39, 0.29) is 42.4 Å². The Hall–Kier alpha value is -3.65. The number of aliphatic hydroxyl groups excluding tert-OH is 2. The third-order valence-electron chi connectivity index (χ3n) is 11.3. The van der Waals surface area contributed by atoms with Gasteiger partial charge in [-0.25, -0.2) is 19.7 Å². The van der Waals surface area contributed by atoms with Crippen LogP contribution in [-0.4, -0.2) is 247 Å². The predicted octanol–water partition coefficient (Wildman–Crippen LogP) is -1.44. The third-order valence-corrected chi connectivity index (χ3v) is 12.9. The van der Waals surface area contributed by atoms with Crippen molar-refractivity contribution in [1.82, 2.24) is 40.8 Å². The van der Waals surface area contributed by atoms with E-state index in [1.807, 2.05) is 11.8 Å². The number of hydrogen-bond donors (Lipinski definition) is 7. The van der Waals surface area contributed by atoms with Gasteiger partial charge in [0.2, 0.25) is 11.8 Å². The quantitative estimate of drug-likeness (QED) is 0.0295. The molecule has 2 aromatic rings. The number of thioether (sulfide) groups is 1. The topological polar surface area (TPSA) is 320 Å². The first-order chi connectivity index (χ1) is 35.4. The van der Waals surface area contributed by atoms with Crippen molar-refractivity contribution >= 4 is 46.6 Å². The summed E-state index contributed by atoms with van der Waals surface area (Å²) in [6.07, 6.45) is 2.56. The number of rotatable bonds is 44. The van der Waals surface area contributed by atoms with Gasteiger partial charge in [0.25, 0.3) is 0 Å². The Kier molecular flexibility index (Phi) is 29.9. The number of urea groups is 1. The maximum atomic E-state index is 12.5. The zero-order chi connectivity index (χ0) is 50.9. The lowest BCUT2D eigenvalue weighted by atomic mass is 10.0. The van der Waals surface area contributed by atoms with Gasteiger partial charge < -0.3 is 94.1 Å².